The van der Waals surface area contributed by atoms with Gasteiger partial charge in [-0.2, -0.15) is 5.26 Å². The molecule has 0 radical (unpaired) electrons. The lowest BCUT2D eigenvalue weighted by Crippen LogP contribution is -2.41. The molecule has 166 valence electrons. The van der Waals surface area contributed by atoms with Gasteiger partial charge in [0.05, 0.1) is 35.9 Å². The van der Waals surface area contributed by atoms with Crippen LogP contribution < -0.4 is 5.32 Å². The molecule has 1 saturated carbocycles. The number of nitrogens with one attached hydrogen (secondary N) is 1. The Morgan fingerprint density at radius 1 is 1.27 bits per heavy atom. The molecule has 2 heterocycles. The molecule has 1 N–H and O–H groups in total. The minimum Gasteiger partial charge on any atom is -0.335 e. The van der Waals surface area contributed by atoms with E-state index in [1.807, 2.05) is 30.4 Å². The third-order valence-corrected chi connectivity index (χ3v) is 6.36. The van der Waals surface area contributed by atoms with Gasteiger partial charge < -0.3 is 10.2 Å². The Morgan fingerprint density at radius 2 is 2.09 bits per heavy atom. The molecule has 0 saturated heterocycles. The highest BCUT2D eigenvalue weighted by molar-refractivity contribution is 6.15. The van der Waals surface area contributed by atoms with Crippen LogP contribution in [0.5, 0.6) is 0 Å². The van der Waals surface area contributed by atoms with Crippen molar-refractivity contribution in [1.29, 1.82) is 5.26 Å². The number of benzene rings is 1. The van der Waals surface area contributed by atoms with Gasteiger partial charge in [-0.1, -0.05) is 6.08 Å². The fourth-order valence-corrected chi connectivity index (χ4v) is 4.47. The summed E-state index contributed by atoms with van der Waals surface area (Å²) in [5.41, 5.74) is 2.40. The Bertz CT molecular complexity index is 1180. The van der Waals surface area contributed by atoms with Crippen LogP contribution >= 0.6 is 0 Å². The van der Waals surface area contributed by atoms with Gasteiger partial charge >= 0.3 is 0 Å². The minimum atomic E-state index is -0.587. The Kier molecular flexibility index (Phi) is 5.47. The zero-order valence-electron chi connectivity index (χ0n) is 18.2. The third-order valence-electron chi connectivity index (χ3n) is 6.36. The van der Waals surface area contributed by atoms with Crippen LogP contribution in [0, 0.1) is 16.7 Å². The summed E-state index contributed by atoms with van der Waals surface area (Å²) in [6.45, 7) is 0.867. The van der Waals surface area contributed by atoms with Gasteiger partial charge in [0.15, 0.2) is 0 Å². The smallest absolute Gasteiger partial charge is 0.254 e. The molecule has 1 aromatic rings. The van der Waals surface area contributed by atoms with Crippen molar-refractivity contribution >= 4 is 35.3 Å². The number of hydrogen-bond donors (Lipinski definition) is 1. The molecule has 8 heteroatoms. The first kappa shape index (κ1) is 21.0. The number of aliphatic imine (C=N–C) groups is 3. The lowest BCUT2D eigenvalue weighted by Gasteiger charge is -2.35. The molecule has 0 bridgehead atoms. The van der Waals surface area contributed by atoms with E-state index in [0.29, 0.717) is 43.9 Å². The molecule has 1 amide bonds. The summed E-state index contributed by atoms with van der Waals surface area (Å²) in [6.07, 6.45) is 10.4. The van der Waals surface area contributed by atoms with Crippen molar-refractivity contribution in [1.82, 2.24) is 4.90 Å². The molecule has 33 heavy (non-hydrogen) atoms. The van der Waals surface area contributed by atoms with Crippen LogP contribution in [0.3, 0.4) is 0 Å². The van der Waals surface area contributed by atoms with Crippen molar-refractivity contribution in [2.75, 3.05) is 18.4 Å². The molecule has 1 fully saturated rings. The fraction of sp³-hybridized carbons (Fsp3) is 0.360. The van der Waals surface area contributed by atoms with E-state index in [1.165, 1.54) is 0 Å². The summed E-state index contributed by atoms with van der Waals surface area (Å²) in [5, 5.41) is 12.1. The van der Waals surface area contributed by atoms with Crippen LogP contribution in [0.15, 0.2) is 63.2 Å². The lowest BCUT2D eigenvalue weighted by molar-refractivity contribution is -0.118. The van der Waals surface area contributed by atoms with Gasteiger partial charge in [-0.3, -0.25) is 14.6 Å². The monoisotopic (exact) mass is 440 g/mol. The third kappa shape index (κ3) is 4.14. The summed E-state index contributed by atoms with van der Waals surface area (Å²) in [6, 6.07) is 9.60. The van der Waals surface area contributed by atoms with E-state index in [9.17, 15) is 9.59 Å². The van der Waals surface area contributed by atoms with E-state index in [4.69, 9.17) is 10.3 Å². The number of amides is 1. The van der Waals surface area contributed by atoms with Crippen LogP contribution in [0.25, 0.3) is 0 Å². The van der Waals surface area contributed by atoms with E-state index in [2.05, 4.69) is 21.4 Å². The van der Waals surface area contributed by atoms with Gasteiger partial charge in [-0.05, 0) is 49.3 Å². The Morgan fingerprint density at radius 3 is 2.85 bits per heavy atom. The number of hydrogen-bond acceptors (Lipinski definition) is 7. The largest absolute Gasteiger partial charge is 0.335 e. The number of nitrogens with zero attached hydrogens (tertiary/aromatic N) is 5. The Balaban J connectivity index is 1.30. The molecule has 4 aliphatic rings. The summed E-state index contributed by atoms with van der Waals surface area (Å²) in [5.74, 6) is 0.559. The zero-order chi connectivity index (χ0) is 22.8. The quantitative estimate of drug-likeness (QED) is 0.757. The van der Waals surface area contributed by atoms with Gasteiger partial charge in [0.1, 0.15) is 5.78 Å². The predicted octanol–water partition coefficient (Wildman–Crippen LogP) is 3.30. The van der Waals surface area contributed by atoms with Crippen LogP contribution in [-0.2, 0) is 4.79 Å². The van der Waals surface area contributed by atoms with E-state index in [-0.39, 0.29) is 17.7 Å². The maximum atomic E-state index is 12.9. The number of ketones is 1. The first-order valence-electron chi connectivity index (χ1n) is 11.2. The summed E-state index contributed by atoms with van der Waals surface area (Å²) < 4.78 is 0. The van der Waals surface area contributed by atoms with Gasteiger partial charge in [-0.15, -0.1) is 0 Å². The van der Waals surface area contributed by atoms with Gasteiger partial charge in [0.25, 0.3) is 5.91 Å². The molecule has 2 aliphatic heterocycles. The second-order valence-electron chi connectivity index (χ2n) is 8.70. The van der Waals surface area contributed by atoms with Crippen LogP contribution in [0.2, 0.25) is 0 Å². The molecule has 1 aromatic carbocycles. The van der Waals surface area contributed by atoms with Crippen LogP contribution in [-0.4, -0.2) is 53.6 Å². The molecule has 5 rings (SSSR count). The van der Waals surface area contributed by atoms with Crippen molar-refractivity contribution in [2.24, 2.45) is 20.4 Å². The number of carbonyl (C=O) groups excluding carboxylic acids is 2. The number of nitriles is 1. The van der Waals surface area contributed by atoms with Gasteiger partial charge in [-0.25, -0.2) is 9.98 Å². The van der Waals surface area contributed by atoms with Crippen LogP contribution in [0.4, 0.5) is 5.69 Å². The maximum absolute atomic E-state index is 12.9. The van der Waals surface area contributed by atoms with Crippen molar-refractivity contribution < 1.29 is 9.59 Å². The zero-order valence-corrected chi connectivity index (χ0v) is 18.2. The molecular weight excluding hydrogens is 416 g/mol. The topological polar surface area (TPSA) is 110 Å². The SMILES string of the molecule is N#CCCN(C(=O)c1ccc(NC2=NCC34CC(=O)CC=NC3=CC=CC4=N2)cc1)C1CC1. The van der Waals surface area contributed by atoms with E-state index in [1.54, 1.807) is 23.2 Å². The second kappa shape index (κ2) is 8.58. The van der Waals surface area contributed by atoms with E-state index < -0.39 is 5.41 Å². The first-order valence-corrected chi connectivity index (χ1v) is 11.2. The summed E-state index contributed by atoms with van der Waals surface area (Å²) >= 11 is 0. The second-order valence-corrected chi connectivity index (χ2v) is 8.70. The lowest BCUT2D eigenvalue weighted by atomic mass is 9.72. The number of rotatable bonds is 5. The number of allylic oxidation sites excluding steroid dienone is 3. The fourth-order valence-electron chi connectivity index (χ4n) is 4.47. The average Bonchev–Trinajstić information content (AvgIpc) is 3.66. The molecule has 1 atom stereocenters. The number of Topliss-reactive ketones (excluding diaryl/α,β-unsaturated/α-hetero) is 1. The highest BCUT2D eigenvalue weighted by atomic mass is 16.2. The summed E-state index contributed by atoms with van der Waals surface area (Å²) in [4.78, 5) is 40.8. The summed E-state index contributed by atoms with van der Waals surface area (Å²) in [7, 11) is 0. The van der Waals surface area contributed by atoms with E-state index in [0.717, 1.165) is 29.9 Å². The van der Waals surface area contributed by atoms with Gasteiger partial charge in [0, 0.05) is 42.9 Å². The van der Waals surface area contributed by atoms with Crippen molar-refractivity contribution in [3.8, 4) is 6.07 Å². The highest BCUT2D eigenvalue weighted by Crippen LogP contribution is 2.41. The standard InChI is InChI=1S/C25H24N6O2/c26-12-2-14-31(19-9-10-19)23(33)17-5-7-18(8-6-17)29-24-28-16-25-15-20(32)11-13-27-21(25)3-1-4-22(25)30-24/h1,3-8,13,19H,2,9-11,14-16H2,(H,28,29). The molecule has 0 aromatic heterocycles. The predicted molar refractivity (Wildman–Crippen MR) is 126 cm³/mol. The molecule has 1 spiro atoms. The van der Waals surface area contributed by atoms with Crippen molar-refractivity contribution in [3.05, 3.63) is 53.8 Å². The van der Waals surface area contributed by atoms with Gasteiger partial charge in [0.2, 0.25) is 5.96 Å². The number of anilines is 1. The number of carbonyl (C=O) groups is 2. The number of guanidine groups is 1. The molecular formula is C25H24N6O2. The van der Waals surface area contributed by atoms with Crippen molar-refractivity contribution in [3.63, 3.8) is 0 Å². The minimum absolute atomic E-state index is 0.0401. The van der Waals surface area contributed by atoms with E-state index >= 15 is 0 Å². The Labute approximate surface area is 192 Å². The average molecular weight is 441 g/mol. The first-order chi connectivity index (χ1) is 16.1. The molecule has 1 unspecified atom stereocenters. The van der Waals surface area contributed by atoms with Crippen LogP contribution in [0.1, 0.15) is 42.5 Å². The molecule has 8 nitrogen and oxygen atoms in total. The highest BCUT2D eigenvalue weighted by Gasteiger charge is 2.44. The maximum Gasteiger partial charge on any atom is 0.254 e. The molecule has 2 aliphatic carbocycles. The normalized spacial score (nSPS) is 23.2. The Hall–Kier alpha value is -3.86. The van der Waals surface area contributed by atoms with Crippen molar-refractivity contribution in [2.45, 2.75) is 38.1 Å².